The Balaban J connectivity index is 2.06. The van der Waals surface area contributed by atoms with Gasteiger partial charge in [-0.15, -0.1) is 6.42 Å². The first kappa shape index (κ1) is 13.6. The van der Waals surface area contributed by atoms with Gasteiger partial charge in [0.1, 0.15) is 12.6 Å². The van der Waals surface area contributed by atoms with Gasteiger partial charge in [-0.1, -0.05) is 5.92 Å². The van der Waals surface area contributed by atoms with Gasteiger partial charge in [0.2, 0.25) is 5.95 Å². The molecule has 8 nitrogen and oxygen atoms in total. The van der Waals surface area contributed by atoms with Crippen LogP contribution in [0.3, 0.4) is 0 Å². The van der Waals surface area contributed by atoms with E-state index in [9.17, 15) is 5.11 Å². The fourth-order valence-corrected chi connectivity index (χ4v) is 2.46. The largest absolute Gasteiger partial charge is 0.394 e. The number of nitrogen functional groups attached to an aromatic ring is 1. The number of nitrogens with one attached hydrogen (secondary N) is 1. The monoisotopic (exact) mass is 288 g/mol. The first-order valence-corrected chi connectivity index (χ1v) is 6.66. The van der Waals surface area contributed by atoms with Gasteiger partial charge in [0, 0.05) is 0 Å². The molecule has 2 unspecified atom stereocenters. The smallest absolute Gasteiger partial charge is 0.208 e. The Labute approximate surface area is 121 Å². The van der Waals surface area contributed by atoms with Crippen LogP contribution in [0.5, 0.6) is 0 Å². The van der Waals surface area contributed by atoms with Crippen LogP contribution in [0.25, 0.3) is 11.2 Å². The van der Waals surface area contributed by atoms with Crippen LogP contribution in [0.4, 0.5) is 11.8 Å². The summed E-state index contributed by atoms with van der Waals surface area (Å²) in [5.41, 5.74) is 6.94. The average molecular weight is 288 g/mol. The minimum absolute atomic E-state index is 0.00658. The molecule has 1 aliphatic rings. The third-order valence-electron chi connectivity index (χ3n) is 3.43. The molecule has 0 aliphatic carbocycles. The summed E-state index contributed by atoms with van der Waals surface area (Å²) in [6.45, 7) is 0.320. The third kappa shape index (κ3) is 2.37. The first-order valence-electron chi connectivity index (χ1n) is 6.66. The summed E-state index contributed by atoms with van der Waals surface area (Å²) >= 11 is 0. The molecular weight excluding hydrogens is 272 g/mol. The molecule has 0 spiro atoms. The van der Waals surface area contributed by atoms with Crippen LogP contribution >= 0.6 is 0 Å². The third-order valence-corrected chi connectivity index (χ3v) is 3.43. The molecular formula is C13H16N6O2. The highest BCUT2D eigenvalue weighted by atomic mass is 16.5. The molecule has 8 heteroatoms. The molecule has 110 valence electrons. The zero-order valence-corrected chi connectivity index (χ0v) is 11.4. The fraction of sp³-hybridized carbons (Fsp3) is 0.462. The standard InChI is InChI=1S/C13H16N6O2/c1-2-5-15-13-18-10-11(14)16-7-17-12(10)19(13)9-4-3-8(6-20)21-9/h1,7-9,20H,3-6H2,(H,15,18)(H2,14,16,17). The van der Waals surface area contributed by atoms with E-state index in [0.29, 0.717) is 29.5 Å². The molecule has 0 amide bonds. The quantitative estimate of drug-likeness (QED) is 0.685. The minimum atomic E-state index is -0.262. The zero-order valence-electron chi connectivity index (χ0n) is 11.4. The lowest BCUT2D eigenvalue weighted by molar-refractivity contribution is -0.0197. The van der Waals surface area contributed by atoms with Crippen molar-refractivity contribution < 1.29 is 9.84 Å². The predicted molar refractivity (Wildman–Crippen MR) is 77.3 cm³/mol. The second-order valence-electron chi connectivity index (χ2n) is 4.77. The number of fused-ring (bicyclic) bond motifs is 1. The van der Waals surface area contributed by atoms with Crippen molar-refractivity contribution in [1.29, 1.82) is 0 Å². The highest BCUT2D eigenvalue weighted by Crippen LogP contribution is 2.34. The number of hydrogen-bond acceptors (Lipinski definition) is 7. The summed E-state index contributed by atoms with van der Waals surface area (Å²) in [4.78, 5) is 12.6. The van der Waals surface area contributed by atoms with E-state index in [2.05, 4.69) is 26.2 Å². The van der Waals surface area contributed by atoms with Crippen molar-refractivity contribution in [1.82, 2.24) is 19.5 Å². The highest BCUT2D eigenvalue weighted by Gasteiger charge is 2.30. The van der Waals surface area contributed by atoms with Crippen molar-refractivity contribution in [2.45, 2.75) is 25.2 Å². The molecule has 1 fully saturated rings. The molecule has 2 atom stereocenters. The molecule has 0 bridgehead atoms. The van der Waals surface area contributed by atoms with Gasteiger partial charge in [0.05, 0.1) is 19.3 Å². The maximum Gasteiger partial charge on any atom is 0.208 e. The van der Waals surface area contributed by atoms with Gasteiger partial charge < -0.3 is 20.9 Å². The number of aliphatic hydroxyl groups excluding tert-OH is 1. The van der Waals surface area contributed by atoms with Crippen molar-refractivity contribution in [3.63, 3.8) is 0 Å². The summed E-state index contributed by atoms with van der Waals surface area (Å²) in [6, 6.07) is 0. The second kappa shape index (κ2) is 5.55. The van der Waals surface area contributed by atoms with Crippen LogP contribution in [0.1, 0.15) is 19.1 Å². The fourth-order valence-electron chi connectivity index (χ4n) is 2.46. The predicted octanol–water partition coefficient (Wildman–Crippen LogP) is 0.123. The summed E-state index contributed by atoms with van der Waals surface area (Å²) < 4.78 is 7.62. The number of nitrogens with zero attached hydrogens (tertiary/aromatic N) is 4. The Hall–Kier alpha value is -2.37. The number of nitrogens with two attached hydrogens (primary N) is 1. The van der Waals surface area contributed by atoms with E-state index in [1.54, 1.807) is 0 Å². The van der Waals surface area contributed by atoms with E-state index in [-0.39, 0.29) is 18.9 Å². The SMILES string of the molecule is C#CCNc1nc2c(N)ncnc2n1C1CCC(CO)O1. The van der Waals surface area contributed by atoms with Gasteiger partial charge >= 0.3 is 0 Å². The molecule has 1 saturated heterocycles. The van der Waals surface area contributed by atoms with E-state index in [1.165, 1.54) is 6.33 Å². The first-order chi connectivity index (χ1) is 10.2. The van der Waals surface area contributed by atoms with Crippen LogP contribution in [0.15, 0.2) is 6.33 Å². The van der Waals surface area contributed by atoms with Gasteiger partial charge in [0.25, 0.3) is 0 Å². The summed E-state index contributed by atoms with van der Waals surface area (Å²) in [6.07, 6.45) is 7.76. The van der Waals surface area contributed by atoms with Crippen molar-refractivity contribution in [3.05, 3.63) is 6.33 Å². The Bertz CT molecular complexity index is 692. The molecule has 21 heavy (non-hydrogen) atoms. The van der Waals surface area contributed by atoms with E-state index in [1.807, 2.05) is 4.57 Å². The van der Waals surface area contributed by atoms with Gasteiger partial charge in [-0.2, -0.15) is 0 Å². The van der Waals surface area contributed by atoms with Crippen molar-refractivity contribution >= 4 is 22.9 Å². The van der Waals surface area contributed by atoms with Gasteiger partial charge in [-0.05, 0) is 12.8 Å². The van der Waals surface area contributed by atoms with E-state index in [4.69, 9.17) is 16.9 Å². The van der Waals surface area contributed by atoms with Crippen molar-refractivity contribution in [2.24, 2.45) is 0 Å². The number of anilines is 2. The van der Waals surface area contributed by atoms with E-state index >= 15 is 0 Å². The maximum atomic E-state index is 9.21. The maximum absolute atomic E-state index is 9.21. The van der Waals surface area contributed by atoms with Gasteiger partial charge in [0.15, 0.2) is 17.0 Å². The molecule has 3 rings (SSSR count). The molecule has 0 saturated carbocycles. The minimum Gasteiger partial charge on any atom is -0.394 e. The van der Waals surface area contributed by atoms with Crippen molar-refractivity contribution in [2.75, 3.05) is 24.2 Å². The zero-order chi connectivity index (χ0) is 14.8. The number of hydrogen-bond donors (Lipinski definition) is 3. The number of aliphatic hydroxyl groups is 1. The highest BCUT2D eigenvalue weighted by molar-refractivity contribution is 5.84. The summed E-state index contributed by atoms with van der Waals surface area (Å²) in [5.74, 6) is 3.35. The second-order valence-corrected chi connectivity index (χ2v) is 4.77. The van der Waals surface area contributed by atoms with E-state index in [0.717, 1.165) is 12.8 Å². The molecule has 0 radical (unpaired) electrons. The summed E-state index contributed by atoms with van der Waals surface area (Å²) in [5, 5.41) is 12.3. The number of imidazole rings is 1. The van der Waals surface area contributed by atoms with E-state index < -0.39 is 0 Å². The van der Waals surface area contributed by atoms with Crippen molar-refractivity contribution in [3.8, 4) is 12.3 Å². The lowest BCUT2D eigenvalue weighted by Gasteiger charge is -2.16. The molecule has 0 aromatic carbocycles. The molecule has 4 N–H and O–H groups in total. The van der Waals surface area contributed by atoms with Crippen LogP contribution in [0.2, 0.25) is 0 Å². The van der Waals surface area contributed by atoms with Crippen LogP contribution in [0, 0.1) is 12.3 Å². The molecule has 1 aliphatic heterocycles. The van der Waals surface area contributed by atoms with Gasteiger partial charge in [-0.25, -0.2) is 15.0 Å². The van der Waals surface area contributed by atoms with Gasteiger partial charge in [-0.3, -0.25) is 4.57 Å². The Morgan fingerprint density at radius 1 is 1.52 bits per heavy atom. The number of ether oxygens (including phenoxy) is 1. The summed E-state index contributed by atoms with van der Waals surface area (Å²) in [7, 11) is 0. The number of aromatic nitrogens is 4. The molecule has 2 aromatic rings. The molecule has 3 heterocycles. The van der Waals surface area contributed by atoms with Crippen LogP contribution < -0.4 is 11.1 Å². The Morgan fingerprint density at radius 2 is 2.38 bits per heavy atom. The molecule has 2 aromatic heterocycles. The number of rotatable bonds is 4. The average Bonchev–Trinajstić information content (AvgIpc) is 3.09. The van der Waals surface area contributed by atoms with Crippen LogP contribution in [-0.2, 0) is 4.74 Å². The number of terminal acetylenes is 1. The van der Waals surface area contributed by atoms with Crippen LogP contribution in [-0.4, -0.2) is 43.9 Å². The Kier molecular flexibility index (Phi) is 3.60. The lowest BCUT2D eigenvalue weighted by Crippen LogP contribution is -2.17. The Morgan fingerprint density at radius 3 is 3.10 bits per heavy atom. The normalized spacial score (nSPS) is 21.5. The lowest BCUT2D eigenvalue weighted by atomic mass is 10.2. The topological polar surface area (TPSA) is 111 Å².